The summed E-state index contributed by atoms with van der Waals surface area (Å²) in [6.45, 7) is 5.03. The molecule has 0 unspecified atom stereocenters. The zero-order valence-corrected chi connectivity index (χ0v) is 13.3. The second-order valence-electron chi connectivity index (χ2n) is 4.88. The summed E-state index contributed by atoms with van der Waals surface area (Å²) in [7, 11) is 0. The molecule has 0 spiro atoms. The van der Waals surface area contributed by atoms with E-state index in [-0.39, 0.29) is 5.91 Å². The number of halogens is 3. The number of amides is 1. The van der Waals surface area contributed by atoms with E-state index in [1.54, 1.807) is 6.07 Å². The van der Waals surface area contributed by atoms with Gasteiger partial charge in [-0.05, 0) is 19.1 Å². The van der Waals surface area contributed by atoms with E-state index in [0.717, 1.165) is 19.6 Å². The maximum atomic E-state index is 12.0. The molecule has 1 saturated heterocycles. The van der Waals surface area contributed by atoms with Gasteiger partial charge in [-0.3, -0.25) is 9.69 Å². The summed E-state index contributed by atoms with van der Waals surface area (Å²) in [6.07, 6.45) is 0. The van der Waals surface area contributed by atoms with E-state index < -0.39 is 0 Å². The molecule has 4 nitrogen and oxygen atoms in total. The number of nitrogens with one attached hydrogen (secondary N) is 2. The van der Waals surface area contributed by atoms with Crippen LogP contribution in [0.1, 0.15) is 6.92 Å². The number of carbonyl (C=O) groups is 1. The minimum atomic E-state index is -0.112. The minimum absolute atomic E-state index is 0.112. The molecule has 20 heavy (non-hydrogen) atoms. The highest BCUT2D eigenvalue weighted by Gasteiger charge is 2.18. The molecule has 1 aliphatic heterocycles. The molecule has 1 aromatic carbocycles. The van der Waals surface area contributed by atoms with Crippen LogP contribution < -0.4 is 10.6 Å². The Kier molecular flexibility index (Phi) is 5.52. The molecule has 7 heteroatoms. The molecule has 0 aliphatic carbocycles. The third-order valence-corrected chi connectivity index (χ3v) is 4.14. The summed E-state index contributed by atoms with van der Waals surface area (Å²) in [5.74, 6) is -0.112. The number of carbonyl (C=O) groups excluding carboxylic acids is 1. The summed E-state index contributed by atoms with van der Waals surface area (Å²) in [5.41, 5.74) is 0.481. The van der Waals surface area contributed by atoms with Crippen molar-refractivity contribution in [3.05, 3.63) is 27.2 Å². The lowest BCUT2D eigenvalue weighted by atomic mass is 10.2. The molecule has 2 rings (SSSR count). The molecule has 1 amide bonds. The largest absolute Gasteiger partial charge is 0.324 e. The van der Waals surface area contributed by atoms with E-state index in [2.05, 4.69) is 22.5 Å². The molecule has 0 saturated carbocycles. The van der Waals surface area contributed by atoms with Gasteiger partial charge in [0.1, 0.15) is 0 Å². The standard InChI is InChI=1S/C13H16Cl3N3O/c1-8-6-19(3-2-17-8)7-13(20)18-12-5-10(15)9(14)4-11(12)16/h4-5,8,17H,2-3,6-7H2,1H3,(H,18,20)/t8-/m1/s1. The van der Waals surface area contributed by atoms with E-state index in [0.29, 0.717) is 33.3 Å². The van der Waals surface area contributed by atoms with Crippen molar-refractivity contribution in [1.29, 1.82) is 0 Å². The molecular formula is C13H16Cl3N3O. The van der Waals surface area contributed by atoms with Crippen molar-refractivity contribution in [2.45, 2.75) is 13.0 Å². The van der Waals surface area contributed by atoms with Gasteiger partial charge in [-0.25, -0.2) is 0 Å². The Hall–Kier alpha value is -0.520. The summed E-state index contributed by atoms with van der Waals surface area (Å²) < 4.78 is 0. The molecule has 1 heterocycles. The number of nitrogens with zero attached hydrogens (tertiary/aromatic N) is 1. The zero-order chi connectivity index (χ0) is 14.7. The van der Waals surface area contributed by atoms with Crippen LogP contribution >= 0.6 is 34.8 Å². The van der Waals surface area contributed by atoms with Gasteiger partial charge >= 0.3 is 0 Å². The van der Waals surface area contributed by atoms with Crippen molar-refractivity contribution in [1.82, 2.24) is 10.2 Å². The van der Waals surface area contributed by atoms with Crippen molar-refractivity contribution >= 4 is 46.4 Å². The first-order chi connectivity index (χ1) is 9.45. The Labute approximate surface area is 133 Å². The average Bonchev–Trinajstić information content (AvgIpc) is 2.36. The molecule has 1 aliphatic rings. The average molecular weight is 337 g/mol. The van der Waals surface area contributed by atoms with E-state index >= 15 is 0 Å². The molecule has 0 aromatic heterocycles. The van der Waals surface area contributed by atoms with Crippen LogP contribution in [0.4, 0.5) is 5.69 Å². The Morgan fingerprint density at radius 3 is 2.75 bits per heavy atom. The molecule has 1 aromatic rings. The van der Waals surface area contributed by atoms with Crippen LogP contribution in [0.3, 0.4) is 0 Å². The maximum absolute atomic E-state index is 12.0. The van der Waals surface area contributed by atoms with Gasteiger partial charge < -0.3 is 10.6 Å². The van der Waals surface area contributed by atoms with Crippen LogP contribution in [0, 0.1) is 0 Å². The lowest BCUT2D eigenvalue weighted by Gasteiger charge is -2.31. The first-order valence-corrected chi connectivity index (χ1v) is 7.49. The SMILES string of the molecule is C[C@@H]1CN(CC(=O)Nc2cc(Cl)c(Cl)cc2Cl)CCN1. The second-order valence-corrected chi connectivity index (χ2v) is 6.11. The van der Waals surface area contributed by atoms with Crippen molar-refractivity contribution in [3.63, 3.8) is 0 Å². The summed E-state index contributed by atoms with van der Waals surface area (Å²) in [5, 5.41) is 7.20. The van der Waals surface area contributed by atoms with Gasteiger partial charge in [0, 0.05) is 25.7 Å². The highest BCUT2D eigenvalue weighted by atomic mass is 35.5. The smallest absolute Gasteiger partial charge is 0.238 e. The highest BCUT2D eigenvalue weighted by molar-refractivity contribution is 6.44. The number of anilines is 1. The molecule has 1 fully saturated rings. The van der Waals surface area contributed by atoms with E-state index in [1.807, 2.05) is 0 Å². The van der Waals surface area contributed by atoms with Gasteiger partial charge in [-0.1, -0.05) is 34.8 Å². The van der Waals surface area contributed by atoms with Crippen LogP contribution in [-0.4, -0.2) is 43.0 Å². The summed E-state index contributed by atoms with van der Waals surface area (Å²) in [6, 6.07) is 3.48. The molecule has 0 bridgehead atoms. The van der Waals surface area contributed by atoms with Gasteiger partial charge in [-0.2, -0.15) is 0 Å². The fourth-order valence-corrected chi connectivity index (χ4v) is 2.76. The van der Waals surface area contributed by atoms with E-state index in [4.69, 9.17) is 34.8 Å². The first-order valence-electron chi connectivity index (χ1n) is 6.36. The van der Waals surface area contributed by atoms with Crippen LogP contribution in [0.25, 0.3) is 0 Å². The van der Waals surface area contributed by atoms with Crippen LogP contribution in [-0.2, 0) is 4.79 Å². The predicted octanol–water partition coefficient (Wildman–Crippen LogP) is 2.88. The first kappa shape index (κ1) is 15.9. The second kappa shape index (κ2) is 6.96. The van der Waals surface area contributed by atoms with Crippen molar-refractivity contribution in [2.24, 2.45) is 0 Å². The molecular weight excluding hydrogens is 321 g/mol. The number of hydrogen-bond donors (Lipinski definition) is 2. The highest BCUT2D eigenvalue weighted by Crippen LogP contribution is 2.32. The van der Waals surface area contributed by atoms with Crippen molar-refractivity contribution < 1.29 is 4.79 Å². The van der Waals surface area contributed by atoms with E-state index in [9.17, 15) is 4.79 Å². The fraction of sp³-hybridized carbons (Fsp3) is 0.462. The third kappa shape index (κ3) is 4.24. The normalized spacial score (nSPS) is 19.9. The molecule has 110 valence electrons. The Balaban J connectivity index is 1.96. The van der Waals surface area contributed by atoms with Crippen LogP contribution in [0.5, 0.6) is 0 Å². The Bertz CT molecular complexity index is 510. The van der Waals surface area contributed by atoms with Gasteiger partial charge in [0.25, 0.3) is 0 Å². The quantitative estimate of drug-likeness (QED) is 0.834. The number of piperazine rings is 1. The predicted molar refractivity (Wildman–Crippen MR) is 84.0 cm³/mol. The summed E-state index contributed by atoms with van der Waals surface area (Å²) >= 11 is 17.8. The summed E-state index contributed by atoms with van der Waals surface area (Å²) in [4.78, 5) is 14.1. The van der Waals surface area contributed by atoms with Gasteiger partial charge in [0.15, 0.2) is 0 Å². The third-order valence-electron chi connectivity index (χ3n) is 3.10. The number of benzene rings is 1. The van der Waals surface area contributed by atoms with Crippen LogP contribution in [0.2, 0.25) is 15.1 Å². The lowest BCUT2D eigenvalue weighted by molar-refractivity contribution is -0.117. The van der Waals surface area contributed by atoms with Crippen molar-refractivity contribution in [2.75, 3.05) is 31.5 Å². The maximum Gasteiger partial charge on any atom is 0.238 e. The lowest BCUT2D eigenvalue weighted by Crippen LogP contribution is -2.51. The van der Waals surface area contributed by atoms with Crippen LogP contribution in [0.15, 0.2) is 12.1 Å². The van der Waals surface area contributed by atoms with Gasteiger partial charge in [0.2, 0.25) is 5.91 Å². The topological polar surface area (TPSA) is 44.4 Å². The van der Waals surface area contributed by atoms with E-state index in [1.165, 1.54) is 6.07 Å². The Morgan fingerprint density at radius 1 is 1.35 bits per heavy atom. The Morgan fingerprint density at radius 2 is 2.05 bits per heavy atom. The van der Waals surface area contributed by atoms with Gasteiger partial charge in [-0.15, -0.1) is 0 Å². The number of rotatable bonds is 3. The zero-order valence-electron chi connectivity index (χ0n) is 11.0. The molecule has 1 atom stereocenters. The fourth-order valence-electron chi connectivity index (χ4n) is 2.17. The number of hydrogen-bond acceptors (Lipinski definition) is 3. The monoisotopic (exact) mass is 335 g/mol. The molecule has 0 radical (unpaired) electrons. The van der Waals surface area contributed by atoms with Crippen molar-refractivity contribution in [3.8, 4) is 0 Å². The van der Waals surface area contributed by atoms with Gasteiger partial charge in [0.05, 0.1) is 27.3 Å². The molecule has 2 N–H and O–H groups in total. The minimum Gasteiger partial charge on any atom is -0.324 e.